The minimum Gasteiger partial charge on any atom is -0.377 e. The molecule has 1 heterocycles. The molecule has 4 nitrogen and oxygen atoms in total. The maximum absolute atomic E-state index is 6.06. The molecule has 0 aromatic rings. The maximum Gasteiger partial charge on any atom is 0.191 e. The Hall–Kier alpha value is -0.420. The Morgan fingerprint density at radius 3 is 2.73 bits per heavy atom. The van der Waals surface area contributed by atoms with Crippen molar-refractivity contribution in [3.8, 4) is 0 Å². The molecule has 2 aliphatic carbocycles. The van der Waals surface area contributed by atoms with E-state index in [0.29, 0.717) is 23.5 Å². The normalized spacial score (nSPS) is 33.6. The number of guanidine groups is 1. The fraction of sp³-hybridized carbons (Fsp3) is 0.941. The molecular weight excluding hydrogens is 294 g/mol. The summed E-state index contributed by atoms with van der Waals surface area (Å²) in [5, 5.41) is 7.28. The van der Waals surface area contributed by atoms with E-state index in [1.165, 1.54) is 32.1 Å². The molecule has 22 heavy (non-hydrogen) atoms. The van der Waals surface area contributed by atoms with Crippen molar-refractivity contribution in [2.24, 2.45) is 16.3 Å². The molecule has 0 aromatic carbocycles. The van der Waals surface area contributed by atoms with Gasteiger partial charge in [0.05, 0.1) is 6.10 Å². The van der Waals surface area contributed by atoms with E-state index in [4.69, 9.17) is 4.74 Å². The third kappa shape index (κ3) is 2.75. The highest BCUT2D eigenvalue weighted by molar-refractivity contribution is 7.99. The molecule has 3 atom stereocenters. The Labute approximate surface area is 139 Å². The molecule has 1 spiro atoms. The van der Waals surface area contributed by atoms with Gasteiger partial charge in [0.15, 0.2) is 5.96 Å². The summed E-state index contributed by atoms with van der Waals surface area (Å²) in [6.07, 6.45) is 9.23. The van der Waals surface area contributed by atoms with Crippen molar-refractivity contribution in [3.63, 3.8) is 0 Å². The first kappa shape index (κ1) is 16.4. The molecule has 3 rings (SSSR count). The molecule has 0 radical (unpaired) electrons. The zero-order valence-corrected chi connectivity index (χ0v) is 15.3. The van der Waals surface area contributed by atoms with Crippen molar-refractivity contribution in [1.82, 2.24) is 10.6 Å². The topological polar surface area (TPSA) is 45.7 Å². The predicted molar refractivity (Wildman–Crippen MR) is 94.6 cm³/mol. The van der Waals surface area contributed by atoms with E-state index in [1.807, 2.05) is 18.8 Å². The van der Waals surface area contributed by atoms with E-state index in [0.717, 1.165) is 19.1 Å². The van der Waals surface area contributed by atoms with E-state index >= 15 is 0 Å². The number of hydrogen-bond acceptors (Lipinski definition) is 3. The lowest BCUT2D eigenvalue weighted by molar-refractivity contribution is -0.125. The average molecular weight is 326 g/mol. The van der Waals surface area contributed by atoms with Crippen molar-refractivity contribution in [2.75, 3.05) is 26.5 Å². The van der Waals surface area contributed by atoms with Gasteiger partial charge in [-0.2, -0.15) is 11.8 Å². The fourth-order valence-corrected chi connectivity index (χ4v) is 4.83. The second-order valence-electron chi connectivity index (χ2n) is 7.70. The molecule has 1 saturated heterocycles. The SMILES string of the molecule is CN=C(NCC(C)(C)SC)NC1C2CCOC2C12CCCC2. The quantitative estimate of drug-likeness (QED) is 0.616. The van der Waals surface area contributed by atoms with E-state index in [9.17, 15) is 0 Å². The molecule has 126 valence electrons. The van der Waals surface area contributed by atoms with Crippen molar-refractivity contribution in [2.45, 2.75) is 62.8 Å². The Morgan fingerprint density at radius 2 is 2.09 bits per heavy atom. The number of ether oxygens (including phenoxy) is 1. The van der Waals surface area contributed by atoms with E-state index in [2.05, 4.69) is 35.7 Å². The summed E-state index contributed by atoms with van der Waals surface area (Å²) in [6, 6.07) is 0.547. The van der Waals surface area contributed by atoms with Gasteiger partial charge in [0.1, 0.15) is 0 Å². The molecule has 2 saturated carbocycles. The largest absolute Gasteiger partial charge is 0.377 e. The first-order valence-corrected chi connectivity index (χ1v) is 9.89. The van der Waals surface area contributed by atoms with Crippen LogP contribution in [0.3, 0.4) is 0 Å². The summed E-state index contributed by atoms with van der Waals surface area (Å²) in [6.45, 7) is 6.40. The number of rotatable bonds is 4. The fourth-order valence-electron chi connectivity index (χ4n) is 4.61. The molecule has 5 heteroatoms. The second-order valence-corrected chi connectivity index (χ2v) is 9.21. The predicted octanol–water partition coefficient (Wildman–Crippen LogP) is 2.64. The van der Waals surface area contributed by atoms with Crippen molar-refractivity contribution in [1.29, 1.82) is 0 Å². The Balaban J connectivity index is 1.63. The van der Waals surface area contributed by atoms with E-state index < -0.39 is 0 Å². The summed E-state index contributed by atoms with van der Waals surface area (Å²) in [5.41, 5.74) is 0.383. The van der Waals surface area contributed by atoms with E-state index in [1.54, 1.807) is 0 Å². The summed E-state index contributed by atoms with van der Waals surface area (Å²) in [7, 11) is 1.88. The smallest absolute Gasteiger partial charge is 0.191 e. The standard InChI is InChI=1S/C17H31N3OS/c1-16(2,22-4)11-19-15(18-3)20-13-12-7-10-21-14(12)17(13)8-5-6-9-17/h12-14H,5-11H2,1-4H3,(H2,18,19,20). The number of aliphatic imine (C=N–C) groups is 1. The molecule has 2 N–H and O–H groups in total. The summed E-state index contributed by atoms with van der Waals surface area (Å²) in [4.78, 5) is 4.46. The zero-order chi connectivity index (χ0) is 15.8. The van der Waals surface area contributed by atoms with Gasteiger partial charge >= 0.3 is 0 Å². The van der Waals surface area contributed by atoms with Crippen LogP contribution in [0.1, 0.15) is 46.0 Å². The number of nitrogens with zero attached hydrogens (tertiary/aromatic N) is 1. The van der Waals surface area contributed by atoms with Crippen molar-refractivity contribution in [3.05, 3.63) is 0 Å². The van der Waals surface area contributed by atoms with Crippen LogP contribution in [0.15, 0.2) is 4.99 Å². The van der Waals surface area contributed by atoms with Gasteiger partial charge in [0.25, 0.3) is 0 Å². The van der Waals surface area contributed by atoms with Crippen LogP contribution in [0, 0.1) is 11.3 Å². The van der Waals surface area contributed by atoms with Crippen LogP contribution in [0.4, 0.5) is 0 Å². The number of fused-ring (bicyclic) bond motifs is 2. The Kier molecular flexibility index (Phi) is 4.66. The minimum absolute atomic E-state index is 0.223. The van der Waals surface area contributed by atoms with Crippen LogP contribution in [0.25, 0.3) is 0 Å². The van der Waals surface area contributed by atoms with Gasteiger partial charge in [-0.05, 0) is 39.4 Å². The molecule has 0 amide bonds. The molecule has 3 fully saturated rings. The first-order chi connectivity index (χ1) is 10.5. The third-order valence-electron chi connectivity index (χ3n) is 6.04. The first-order valence-electron chi connectivity index (χ1n) is 8.66. The number of hydrogen-bond donors (Lipinski definition) is 2. The molecule has 1 aliphatic heterocycles. The molecule has 3 unspecified atom stereocenters. The average Bonchev–Trinajstić information content (AvgIpc) is 3.15. The highest BCUT2D eigenvalue weighted by atomic mass is 32.2. The van der Waals surface area contributed by atoms with Gasteiger partial charge < -0.3 is 15.4 Å². The van der Waals surface area contributed by atoms with E-state index in [-0.39, 0.29) is 4.75 Å². The summed E-state index contributed by atoms with van der Waals surface area (Å²) in [5.74, 6) is 1.65. The highest BCUT2D eigenvalue weighted by Crippen LogP contribution is 2.60. The lowest BCUT2D eigenvalue weighted by Crippen LogP contribution is -2.69. The van der Waals surface area contributed by atoms with Gasteiger partial charge in [-0.25, -0.2) is 0 Å². The second kappa shape index (κ2) is 6.23. The summed E-state index contributed by atoms with van der Waals surface area (Å²) < 4.78 is 6.29. The number of thioether (sulfide) groups is 1. The van der Waals surface area contributed by atoms with Crippen LogP contribution < -0.4 is 10.6 Å². The monoisotopic (exact) mass is 325 g/mol. The van der Waals surface area contributed by atoms with Crippen molar-refractivity contribution < 1.29 is 4.74 Å². The third-order valence-corrected chi connectivity index (χ3v) is 7.29. The van der Waals surface area contributed by atoms with Gasteiger partial charge in [-0.3, -0.25) is 4.99 Å². The van der Waals surface area contributed by atoms with Crippen LogP contribution in [0.2, 0.25) is 0 Å². The number of nitrogens with one attached hydrogen (secondary N) is 2. The maximum atomic E-state index is 6.06. The van der Waals surface area contributed by atoms with Gasteiger partial charge in [0, 0.05) is 42.3 Å². The lowest BCUT2D eigenvalue weighted by atomic mass is 9.54. The Bertz CT molecular complexity index is 432. The van der Waals surface area contributed by atoms with Gasteiger partial charge in [0.2, 0.25) is 0 Å². The molecule has 0 bridgehead atoms. The minimum atomic E-state index is 0.223. The van der Waals surface area contributed by atoms with Crippen LogP contribution in [0.5, 0.6) is 0 Å². The molecular formula is C17H31N3OS. The van der Waals surface area contributed by atoms with Crippen LogP contribution >= 0.6 is 11.8 Å². The summed E-state index contributed by atoms with van der Waals surface area (Å²) >= 11 is 1.89. The van der Waals surface area contributed by atoms with Crippen LogP contribution in [-0.2, 0) is 4.74 Å². The van der Waals surface area contributed by atoms with Gasteiger partial charge in [-0.1, -0.05) is 12.8 Å². The molecule has 3 aliphatic rings. The Morgan fingerprint density at radius 1 is 1.36 bits per heavy atom. The van der Waals surface area contributed by atoms with Crippen molar-refractivity contribution >= 4 is 17.7 Å². The zero-order valence-electron chi connectivity index (χ0n) is 14.4. The van der Waals surface area contributed by atoms with Crippen LogP contribution in [-0.4, -0.2) is 49.3 Å². The lowest BCUT2D eigenvalue weighted by Gasteiger charge is -2.57. The highest BCUT2D eigenvalue weighted by Gasteiger charge is 2.65. The van der Waals surface area contributed by atoms with Gasteiger partial charge in [-0.15, -0.1) is 0 Å². The molecule has 0 aromatic heterocycles.